The molecule has 0 amide bonds. The Morgan fingerprint density at radius 3 is 2.05 bits per heavy atom. The Kier molecular flexibility index (Phi) is 6.44. The molecule has 1 rings (SSSR count). The van der Waals surface area contributed by atoms with Gasteiger partial charge in [-0.05, 0) is 22.0 Å². The van der Waals surface area contributed by atoms with Crippen LogP contribution in [0.15, 0.2) is 46.8 Å². The van der Waals surface area contributed by atoms with Crippen LogP contribution in [0.25, 0.3) is 0 Å². The van der Waals surface area contributed by atoms with Crippen molar-refractivity contribution in [1.29, 1.82) is 0 Å². The van der Waals surface area contributed by atoms with Crippen LogP contribution in [0.3, 0.4) is 0 Å². The molecule has 0 spiro atoms. The monoisotopic (exact) mass is 375 g/mol. The number of benzene rings is 1. The summed E-state index contributed by atoms with van der Waals surface area (Å²) in [5.41, 5.74) is 0. The highest BCUT2D eigenvalue weighted by molar-refractivity contribution is 9.10. The van der Waals surface area contributed by atoms with Crippen LogP contribution in [-0.2, 0) is 10.0 Å². The summed E-state index contributed by atoms with van der Waals surface area (Å²) in [5, 5.41) is 0. The first-order valence-electron chi connectivity index (χ1n) is 6.05. The highest BCUT2D eigenvalue weighted by atomic mass is 79.9. The van der Waals surface area contributed by atoms with Crippen molar-refractivity contribution in [3.05, 3.63) is 41.9 Å². The minimum Gasteiger partial charge on any atom is -0.493 e. The quantitative estimate of drug-likeness (QED) is 0.655. The summed E-state index contributed by atoms with van der Waals surface area (Å²) in [7, 11) is -0.767. The average Bonchev–Trinajstić information content (AvgIpc) is 2.46. The second-order valence-corrected chi connectivity index (χ2v) is 6.80. The summed E-state index contributed by atoms with van der Waals surface area (Å²) < 4.78 is 37.4. The zero-order valence-electron chi connectivity index (χ0n) is 12.0. The normalized spacial score (nSPS) is 11.2. The second-order valence-electron chi connectivity index (χ2n) is 4.04. The van der Waals surface area contributed by atoms with Gasteiger partial charge in [-0.2, -0.15) is 4.31 Å². The fourth-order valence-electron chi connectivity index (χ4n) is 1.73. The van der Waals surface area contributed by atoms with E-state index in [0.717, 1.165) is 0 Å². The van der Waals surface area contributed by atoms with Crippen molar-refractivity contribution in [3.63, 3.8) is 0 Å². The molecule has 0 aliphatic carbocycles. The number of rotatable bonds is 8. The van der Waals surface area contributed by atoms with Crippen molar-refractivity contribution in [2.45, 2.75) is 4.90 Å². The van der Waals surface area contributed by atoms with Crippen molar-refractivity contribution in [1.82, 2.24) is 4.31 Å². The first kappa shape index (κ1) is 17.7. The summed E-state index contributed by atoms with van der Waals surface area (Å²) in [6.07, 6.45) is 3.05. The largest absolute Gasteiger partial charge is 0.493 e. The Bertz CT molecular complexity index is 618. The van der Waals surface area contributed by atoms with E-state index in [1.54, 1.807) is 6.07 Å². The van der Waals surface area contributed by atoms with Gasteiger partial charge in [-0.3, -0.25) is 0 Å². The second kappa shape index (κ2) is 7.63. The summed E-state index contributed by atoms with van der Waals surface area (Å²) in [6.45, 7) is 7.53. The van der Waals surface area contributed by atoms with E-state index in [2.05, 4.69) is 29.1 Å². The maximum atomic E-state index is 12.7. The van der Waals surface area contributed by atoms with Gasteiger partial charge in [0.05, 0.1) is 14.2 Å². The number of hydrogen-bond acceptors (Lipinski definition) is 4. The van der Waals surface area contributed by atoms with Crippen LogP contribution in [0.2, 0.25) is 0 Å². The number of hydrogen-bond donors (Lipinski definition) is 0. The van der Waals surface area contributed by atoms with Crippen LogP contribution in [0.5, 0.6) is 11.5 Å². The van der Waals surface area contributed by atoms with Gasteiger partial charge in [0.25, 0.3) is 0 Å². The van der Waals surface area contributed by atoms with E-state index in [9.17, 15) is 8.42 Å². The average molecular weight is 376 g/mol. The van der Waals surface area contributed by atoms with Crippen molar-refractivity contribution in [3.8, 4) is 11.5 Å². The number of methoxy groups -OCH3 is 2. The van der Waals surface area contributed by atoms with Gasteiger partial charge in [0.15, 0.2) is 11.5 Å². The maximum absolute atomic E-state index is 12.7. The lowest BCUT2D eigenvalue weighted by Gasteiger charge is -2.20. The molecule has 0 bridgehead atoms. The van der Waals surface area contributed by atoms with E-state index in [4.69, 9.17) is 9.47 Å². The third kappa shape index (κ3) is 3.87. The zero-order valence-corrected chi connectivity index (χ0v) is 14.4. The fraction of sp³-hybridized carbons (Fsp3) is 0.286. The van der Waals surface area contributed by atoms with Crippen LogP contribution in [0, 0.1) is 0 Å². The van der Waals surface area contributed by atoms with Gasteiger partial charge in [0, 0.05) is 23.6 Å². The molecule has 0 unspecified atom stereocenters. The fourth-order valence-corrected chi connectivity index (χ4v) is 4.11. The topological polar surface area (TPSA) is 55.8 Å². The Labute approximate surface area is 134 Å². The molecule has 0 heterocycles. The Balaban J connectivity index is 3.42. The molecule has 0 radical (unpaired) electrons. The van der Waals surface area contributed by atoms with Gasteiger partial charge in [0.2, 0.25) is 10.0 Å². The molecule has 0 aromatic heterocycles. The predicted octanol–water partition coefficient (Wildman–Crippen LogP) is 2.83. The molecule has 1 aromatic rings. The lowest BCUT2D eigenvalue weighted by Crippen LogP contribution is -2.31. The van der Waals surface area contributed by atoms with Gasteiger partial charge in [-0.1, -0.05) is 12.2 Å². The molecule has 0 saturated heterocycles. The van der Waals surface area contributed by atoms with Gasteiger partial charge in [-0.15, -0.1) is 13.2 Å². The Morgan fingerprint density at radius 2 is 1.62 bits per heavy atom. The first-order valence-corrected chi connectivity index (χ1v) is 8.29. The van der Waals surface area contributed by atoms with Crippen molar-refractivity contribution < 1.29 is 17.9 Å². The van der Waals surface area contributed by atoms with E-state index < -0.39 is 10.0 Å². The van der Waals surface area contributed by atoms with E-state index >= 15 is 0 Å². The molecule has 0 atom stereocenters. The van der Waals surface area contributed by atoms with Crippen molar-refractivity contribution >= 4 is 26.0 Å². The Hall–Kier alpha value is -1.31. The molecule has 5 nitrogen and oxygen atoms in total. The van der Waals surface area contributed by atoms with Crippen molar-refractivity contribution in [2.24, 2.45) is 0 Å². The molecule has 7 heteroatoms. The summed E-state index contributed by atoms with van der Waals surface area (Å²) in [5.74, 6) is 0.791. The molecule has 0 aliphatic rings. The molecule has 0 aliphatic heterocycles. The molecule has 21 heavy (non-hydrogen) atoms. The van der Waals surface area contributed by atoms with E-state index in [-0.39, 0.29) is 18.0 Å². The number of sulfonamides is 1. The Morgan fingerprint density at radius 1 is 1.14 bits per heavy atom. The van der Waals surface area contributed by atoms with E-state index in [1.807, 2.05) is 0 Å². The van der Waals surface area contributed by atoms with Crippen LogP contribution in [0.1, 0.15) is 0 Å². The summed E-state index contributed by atoms with van der Waals surface area (Å²) >= 11 is 3.26. The number of halogens is 1. The van der Waals surface area contributed by atoms with Gasteiger partial charge < -0.3 is 9.47 Å². The third-order valence-corrected chi connectivity index (χ3v) is 5.51. The minimum absolute atomic E-state index is 0.101. The number of nitrogens with zero attached hydrogens (tertiary/aromatic N) is 1. The highest BCUT2D eigenvalue weighted by Gasteiger charge is 2.26. The summed E-state index contributed by atoms with van der Waals surface area (Å²) in [4.78, 5) is 0.101. The van der Waals surface area contributed by atoms with E-state index in [0.29, 0.717) is 16.0 Å². The molecular weight excluding hydrogens is 358 g/mol. The third-order valence-electron chi connectivity index (χ3n) is 2.72. The maximum Gasteiger partial charge on any atom is 0.244 e. The van der Waals surface area contributed by atoms with Gasteiger partial charge in [-0.25, -0.2) is 8.42 Å². The van der Waals surface area contributed by atoms with Crippen LogP contribution < -0.4 is 9.47 Å². The lowest BCUT2D eigenvalue weighted by molar-refractivity contribution is 0.353. The van der Waals surface area contributed by atoms with E-state index in [1.165, 1.54) is 36.7 Å². The van der Waals surface area contributed by atoms with Crippen LogP contribution in [-0.4, -0.2) is 40.0 Å². The molecule has 0 N–H and O–H groups in total. The first-order chi connectivity index (χ1) is 9.92. The molecular formula is C14H18BrNO4S. The molecule has 0 saturated carbocycles. The van der Waals surface area contributed by atoms with Gasteiger partial charge in [0.1, 0.15) is 4.90 Å². The SMILES string of the molecule is C=CCN(CC=C)S(=O)(=O)c1cc(OC)c(OC)cc1Br. The highest BCUT2D eigenvalue weighted by Crippen LogP contribution is 2.36. The number of ether oxygens (including phenoxy) is 2. The van der Waals surface area contributed by atoms with Crippen LogP contribution in [0.4, 0.5) is 0 Å². The molecule has 116 valence electrons. The van der Waals surface area contributed by atoms with Crippen LogP contribution >= 0.6 is 15.9 Å². The lowest BCUT2D eigenvalue weighted by atomic mass is 10.3. The summed E-state index contributed by atoms with van der Waals surface area (Å²) in [6, 6.07) is 2.99. The predicted molar refractivity (Wildman–Crippen MR) is 86.4 cm³/mol. The standard InChI is InChI=1S/C14H18BrNO4S/c1-5-7-16(8-6-2)21(17,18)14-10-13(20-4)12(19-3)9-11(14)15/h5-6,9-10H,1-2,7-8H2,3-4H3. The smallest absolute Gasteiger partial charge is 0.244 e. The minimum atomic E-state index is -3.71. The zero-order chi connectivity index (χ0) is 16.0. The van der Waals surface area contributed by atoms with Crippen molar-refractivity contribution in [2.75, 3.05) is 27.3 Å². The molecule has 1 aromatic carbocycles. The van der Waals surface area contributed by atoms with Gasteiger partial charge >= 0.3 is 0 Å². The molecule has 0 fully saturated rings.